The molecule has 0 aliphatic carbocycles. The molecule has 1 aromatic rings. The van der Waals surface area contributed by atoms with Gasteiger partial charge in [0.25, 0.3) is 5.91 Å². The number of imide groups is 1. The highest BCUT2D eigenvalue weighted by atomic mass is 19.1. The van der Waals surface area contributed by atoms with Crippen LogP contribution in [-0.2, 0) is 15.1 Å². The van der Waals surface area contributed by atoms with Gasteiger partial charge >= 0.3 is 6.03 Å². The van der Waals surface area contributed by atoms with Crippen molar-refractivity contribution >= 4 is 17.8 Å². The number of rotatable bonds is 6. The summed E-state index contributed by atoms with van der Waals surface area (Å²) in [6.45, 7) is 3.27. The second kappa shape index (κ2) is 7.30. The third kappa shape index (κ3) is 3.45. The van der Waals surface area contributed by atoms with Crippen LogP contribution in [0.1, 0.15) is 25.8 Å². The lowest BCUT2D eigenvalue weighted by Crippen LogP contribution is -2.45. The van der Waals surface area contributed by atoms with Gasteiger partial charge in [0.15, 0.2) is 0 Å². The van der Waals surface area contributed by atoms with Crippen molar-refractivity contribution in [3.05, 3.63) is 35.6 Å². The van der Waals surface area contributed by atoms with Crippen LogP contribution in [0.2, 0.25) is 0 Å². The highest BCUT2D eigenvalue weighted by Gasteiger charge is 2.50. The number of hydrogen-bond acceptors (Lipinski definition) is 4. The van der Waals surface area contributed by atoms with E-state index in [0.29, 0.717) is 6.54 Å². The minimum Gasteiger partial charge on any atom is -0.340 e. The van der Waals surface area contributed by atoms with Crippen LogP contribution in [0.3, 0.4) is 0 Å². The summed E-state index contributed by atoms with van der Waals surface area (Å²) in [6, 6.07) is 6.87. The topological polar surface area (TPSA) is 93.5 Å². The van der Waals surface area contributed by atoms with E-state index in [2.05, 4.69) is 5.32 Å². The van der Waals surface area contributed by atoms with Crippen molar-refractivity contribution in [2.75, 3.05) is 19.6 Å². The van der Waals surface area contributed by atoms with Gasteiger partial charge in [-0.25, -0.2) is 9.18 Å². The van der Waals surface area contributed by atoms with E-state index in [-0.39, 0.29) is 18.5 Å². The quantitative estimate of drug-likeness (QED) is 0.787. The van der Waals surface area contributed by atoms with Gasteiger partial charge in [-0.1, -0.05) is 18.2 Å². The van der Waals surface area contributed by atoms with Crippen LogP contribution in [0, 0.1) is 17.1 Å². The SMILES string of the molecule is CCN(CCC#N)C(=O)CN1C(=O)NC(C)(c2ccccc2F)C1=O. The minimum atomic E-state index is -1.56. The molecule has 8 heteroatoms. The maximum atomic E-state index is 14.1. The van der Waals surface area contributed by atoms with E-state index in [1.807, 2.05) is 6.07 Å². The summed E-state index contributed by atoms with van der Waals surface area (Å²) in [5.74, 6) is -1.75. The Labute approximate surface area is 145 Å². The van der Waals surface area contributed by atoms with E-state index in [4.69, 9.17) is 5.26 Å². The van der Waals surface area contributed by atoms with Crippen LogP contribution >= 0.6 is 0 Å². The molecule has 0 aromatic heterocycles. The second-order valence-electron chi connectivity index (χ2n) is 5.81. The highest BCUT2D eigenvalue weighted by molar-refractivity contribution is 6.09. The summed E-state index contributed by atoms with van der Waals surface area (Å²) < 4.78 is 14.1. The van der Waals surface area contributed by atoms with Gasteiger partial charge in [-0.15, -0.1) is 0 Å². The third-order valence-corrected chi connectivity index (χ3v) is 4.21. The Balaban J connectivity index is 2.20. The summed E-state index contributed by atoms with van der Waals surface area (Å²) in [4.78, 5) is 39.4. The number of amides is 4. The van der Waals surface area contributed by atoms with E-state index in [0.717, 1.165) is 4.90 Å². The van der Waals surface area contributed by atoms with Crippen LogP contribution in [0.15, 0.2) is 24.3 Å². The molecule has 1 N–H and O–H groups in total. The lowest BCUT2D eigenvalue weighted by Gasteiger charge is -2.24. The summed E-state index contributed by atoms with van der Waals surface area (Å²) in [5, 5.41) is 11.1. The molecule has 2 rings (SSSR count). The van der Waals surface area contributed by atoms with Gasteiger partial charge < -0.3 is 10.2 Å². The fraction of sp³-hybridized carbons (Fsp3) is 0.412. The van der Waals surface area contributed by atoms with Gasteiger partial charge in [0.05, 0.1) is 12.5 Å². The largest absolute Gasteiger partial charge is 0.340 e. The number of likely N-dealkylation sites (N-methyl/N-ethyl adjacent to an activating group) is 1. The molecule has 0 radical (unpaired) electrons. The molecule has 1 atom stereocenters. The maximum Gasteiger partial charge on any atom is 0.325 e. The molecule has 1 fully saturated rings. The first kappa shape index (κ1) is 18.4. The van der Waals surface area contributed by atoms with Gasteiger partial charge in [-0.2, -0.15) is 5.26 Å². The Morgan fingerprint density at radius 3 is 2.68 bits per heavy atom. The molecule has 1 aliphatic heterocycles. The molecule has 132 valence electrons. The van der Waals surface area contributed by atoms with E-state index < -0.39 is 35.7 Å². The van der Waals surface area contributed by atoms with Crippen molar-refractivity contribution in [3.63, 3.8) is 0 Å². The van der Waals surface area contributed by atoms with Gasteiger partial charge in [0.2, 0.25) is 5.91 Å². The van der Waals surface area contributed by atoms with Crippen LogP contribution < -0.4 is 5.32 Å². The summed E-state index contributed by atoms with van der Waals surface area (Å²) in [6.07, 6.45) is 0.159. The number of urea groups is 1. The monoisotopic (exact) mass is 346 g/mol. The van der Waals surface area contributed by atoms with Crippen molar-refractivity contribution in [2.45, 2.75) is 25.8 Å². The smallest absolute Gasteiger partial charge is 0.325 e. The fourth-order valence-corrected chi connectivity index (χ4v) is 2.77. The Kier molecular flexibility index (Phi) is 5.37. The molecule has 25 heavy (non-hydrogen) atoms. The van der Waals surface area contributed by atoms with Gasteiger partial charge in [0, 0.05) is 18.7 Å². The van der Waals surface area contributed by atoms with E-state index in [1.165, 1.54) is 30.0 Å². The Morgan fingerprint density at radius 1 is 1.40 bits per heavy atom. The average Bonchev–Trinajstić information content (AvgIpc) is 2.80. The second-order valence-corrected chi connectivity index (χ2v) is 5.81. The van der Waals surface area contributed by atoms with Gasteiger partial charge in [0.1, 0.15) is 17.9 Å². The van der Waals surface area contributed by atoms with Crippen molar-refractivity contribution in [2.24, 2.45) is 0 Å². The van der Waals surface area contributed by atoms with E-state index >= 15 is 0 Å². The van der Waals surface area contributed by atoms with Gasteiger partial charge in [-0.05, 0) is 19.9 Å². The highest BCUT2D eigenvalue weighted by Crippen LogP contribution is 2.30. The van der Waals surface area contributed by atoms with Crippen LogP contribution in [-0.4, -0.2) is 47.3 Å². The van der Waals surface area contributed by atoms with Gasteiger partial charge in [-0.3, -0.25) is 14.5 Å². The molecule has 1 saturated heterocycles. The Hall–Kier alpha value is -2.95. The number of benzene rings is 1. The van der Waals surface area contributed by atoms with E-state index in [1.54, 1.807) is 13.0 Å². The first-order chi connectivity index (χ1) is 11.8. The lowest BCUT2D eigenvalue weighted by molar-refractivity contribution is -0.138. The molecular weight excluding hydrogens is 327 g/mol. The zero-order chi connectivity index (χ0) is 18.6. The minimum absolute atomic E-state index is 0.0418. The molecule has 1 aliphatic rings. The maximum absolute atomic E-state index is 14.1. The Morgan fingerprint density at radius 2 is 2.08 bits per heavy atom. The van der Waals surface area contributed by atoms with Crippen molar-refractivity contribution in [1.29, 1.82) is 5.26 Å². The number of halogens is 1. The predicted octanol–water partition coefficient (Wildman–Crippen LogP) is 1.35. The summed E-state index contributed by atoms with van der Waals surface area (Å²) in [7, 11) is 0. The number of carbonyl (C=O) groups excluding carboxylic acids is 3. The van der Waals surface area contributed by atoms with Crippen molar-refractivity contribution < 1.29 is 18.8 Å². The van der Waals surface area contributed by atoms with Crippen LogP contribution in [0.25, 0.3) is 0 Å². The zero-order valence-corrected chi connectivity index (χ0v) is 14.1. The summed E-state index contributed by atoms with van der Waals surface area (Å²) >= 11 is 0. The van der Waals surface area contributed by atoms with Crippen LogP contribution in [0.5, 0.6) is 0 Å². The summed E-state index contributed by atoms with van der Waals surface area (Å²) in [5.41, 5.74) is -1.52. The standard InChI is InChI=1S/C17H19FN4O3/c1-3-21(10-6-9-19)14(23)11-22-15(24)17(2,20-16(22)25)12-7-4-5-8-13(12)18/h4-5,7-8H,3,6,10-11H2,1-2H3,(H,20,25). The first-order valence-electron chi connectivity index (χ1n) is 7.89. The molecule has 1 heterocycles. The molecule has 1 aromatic carbocycles. The number of nitrogens with zero attached hydrogens (tertiary/aromatic N) is 3. The Bertz CT molecular complexity index is 746. The van der Waals surface area contributed by atoms with Crippen molar-refractivity contribution in [1.82, 2.24) is 15.1 Å². The molecular formula is C17H19FN4O3. The predicted molar refractivity (Wildman–Crippen MR) is 86.5 cm³/mol. The molecule has 0 bridgehead atoms. The number of carbonyl (C=O) groups is 3. The fourth-order valence-electron chi connectivity index (χ4n) is 2.77. The van der Waals surface area contributed by atoms with E-state index in [9.17, 15) is 18.8 Å². The number of nitriles is 1. The van der Waals surface area contributed by atoms with Crippen molar-refractivity contribution in [3.8, 4) is 6.07 Å². The molecule has 1 unspecified atom stereocenters. The number of nitrogens with one attached hydrogen (secondary N) is 1. The lowest BCUT2D eigenvalue weighted by atomic mass is 9.91. The molecule has 4 amide bonds. The molecule has 7 nitrogen and oxygen atoms in total. The average molecular weight is 346 g/mol. The van der Waals surface area contributed by atoms with Crippen LogP contribution in [0.4, 0.5) is 9.18 Å². The molecule has 0 spiro atoms. The molecule has 0 saturated carbocycles. The first-order valence-corrected chi connectivity index (χ1v) is 7.89. The number of hydrogen-bond donors (Lipinski definition) is 1. The normalized spacial score (nSPS) is 19.5. The third-order valence-electron chi connectivity index (χ3n) is 4.21. The zero-order valence-electron chi connectivity index (χ0n) is 14.1.